The van der Waals surface area contributed by atoms with Crippen LogP contribution < -0.4 is 20.1 Å². The van der Waals surface area contributed by atoms with E-state index in [1.807, 2.05) is 43.3 Å². The fraction of sp³-hybridized carbons (Fsp3) is 0.250. The van der Waals surface area contributed by atoms with Gasteiger partial charge in [0.05, 0.1) is 27.8 Å². The van der Waals surface area contributed by atoms with Crippen molar-refractivity contribution < 1.29 is 14.4 Å². The van der Waals surface area contributed by atoms with Gasteiger partial charge in [-0.3, -0.25) is 10.1 Å². The molecule has 0 spiro atoms. The van der Waals surface area contributed by atoms with Gasteiger partial charge in [0.1, 0.15) is 6.61 Å². The van der Waals surface area contributed by atoms with E-state index < -0.39 is 4.92 Å². The predicted octanol–water partition coefficient (Wildman–Crippen LogP) is 6.00. The molecule has 0 aliphatic carbocycles. The second-order valence-corrected chi connectivity index (χ2v) is 8.22. The highest BCUT2D eigenvalue weighted by Gasteiger charge is 2.13. The average Bonchev–Trinajstić information content (AvgIpc) is 2.79. The summed E-state index contributed by atoms with van der Waals surface area (Å²) < 4.78 is 11.4. The van der Waals surface area contributed by atoms with Crippen LogP contribution in [0.5, 0.6) is 11.5 Å². The third-order valence-electron chi connectivity index (χ3n) is 4.90. The van der Waals surface area contributed by atoms with Gasteiger partial charge < -0.3 is 20.1 Å². The van der Waals surface area contributed by atoms with E-state index in [9.17, 15) is 10.1 Å². The van der Waals surface area contributed by atoms with Crippen molar-refractivity contribution in [1.29, 1.82) is 0 Å². The molecule has 0 atom stereocenters. The second kappa shape index (κ2) is 11.7. The minimum Gasteiger partial charge on any atom is -0.493 e. The molecule has 0 amide bonds. The summed E-state index contributed by atoms with van der Waals surface area (Å²) >= 11 is 12.6. The number of non-ortho nitro benzene ring substituents is 1. The first kappa shape index (κ1) is 24.6. The van der Waals surface area contributed by atoms with Crippen molar-refractivity contribution in [2.75, 3.05) is 25.5 Å². The summed E-state index contributed by atoms with van der Waals surface area (Å²) in [6, 6.07) is 16.2. The van der Waals surface area contributed by atoms with Crippen molar-refractivity contribution in [2.45, 2.75) is 20.1 Å². The number of nitrogens with one attached hydrogen (secondary N) is 2. The number of hydrogen-bond donors (Lipinski definition) is 2. The van der Waals surface area contributed by atoms with E-state index in [0.717, 1.165) is 11.1 Å². The summed E-state index contributed by atoms with van der Waals surface area (Å²) in [4.78, 5) is 10.3. The maximum atomic E-state index is 10.8. The number of aryl methyl sites for hydroxylation is 1. The first-order valence-corrected chi connectivity index (χ1v) is 11.1. The van der Waals surface area contributed by atoms with Gasteiger partial charge in [0, 0.05) is 31.8 Å². The lowest BCUT2D eigenvalue weighted by atomic mass is 10.1. The zero-order chi connectivity index (χ0) is 23.8. The molecule has 0 aliphatic heterocycles. The quantitative estimate of drug-likeness (QED) is 0.195. The van der Waals surface area contributed by atoms with Gasteiger partial charge in [0.2, 0.25) is 0 Å². The zero-order valence-corrected chi connectivity index (χ0v) is 19.9. The highest BCUT2D eigenvalue weighted by molar-refractivity contribution is 6.33. The fourth-order valence-electron chi connectivity index (χ4n) is 3.13. The lowest BCUT2D eigenvalue weighted by Crippen LogP contribution is -2.22. The molecule has 33 heavy (non-hydrogen) atoms. The molecule has 174 valence electrons. The molecule has 0 radical (unpaired) electrons. The van der Waals surface area contributed by atoms with E-state index in [1.165, 1.54) is 17.7 Å². The molecule has 7 nitrogen and oxygen atoms in total. The first-order chi connectivity index (χ1) is 15.9. The van der Waals surface area contributed by atoms with Gasteiger partial charge in [-0.1, -0.05) is 53.0 Å². The number of anilines is 1. The molecule has 0 aliphatic rings. The maximum absolute atomic E-state index is 10.8. The summed E-state index contributed by atoms with van der Waals surface area (Å²) in [7, 11) is 1.58. The monoisotopic (exact) mass is 489 g/mol. The number of halogens is 2. The van der Waals surface area contributed by atoms with Crippen LogP contribution in [0.25, 0.3) is 0 Å². The second-order valence-electron chi connectivity index (χ2n) is 7.41. The third kappa shape index (κ3) is 6.99. The lowest BCUT2D eigenvalue weighted by Gasteiger charge is -2.15. The van der Waals surface area contributed by atoms with Crippen molar-refractivity contribution in [3.8, 4) is 11.5 Å². The smallest absolute Gasteiger partial charge is 0.271 e. The molecule has 0 saturated carbocycles. The summed E-state index contributed by atoms with van der Waals surface area (Å²) in [5, 5.41) is 18.0. The van der Waals surface area contributed by atoms with E-state index in [1.54, 1.807) is 13.2 Å². The van der Waals surface area contributed by atoms with Crippen molar-refractivity contribution in [3.63, 3.8) is 0 Å². The SMILES string of the molecule is COc1cc(CNCCNc2ccc([N+](=O)[O-])cc2Cl)cc(Cl)c1OCc1ccc(C)cc1. The lowest BCUT2D eigenvalue weighted by molar-refractivity contribution is -0.384. The highest BCUT2D eigenvalue weighted by atomic mass is 35.5. The van der Waals surface area contributed by atoms with E-state index in [-0.39, 0.29) is 5.69 Å². The van der Waals surface area contributed by atoms with E-state index in [0.29, 0.717) is 53.5 Å². The van der Waals surface area contributed by atoms with Crippen LogP contribution in [0.4, 0.5) is 11.4 Å². The Morgan fingerprint density at radius 1 is 0.970 bits per heavy atom. The normalized spacial score (nSPS) is 10.7. The van der Waals surface area contributed by atoms with Crippen molar-refractivity contribution in [2.24, 2.45) is 0 Å². The van der Waals surface area contributed by atoms with Gasteiger partial charge in [-0.2, -0.15) is 0 Å². The predicted molar refractivity (Wildman–Crippen MR) is 132 cm³/mol. The molecule has 0 bridgehead atoms. The van der Waals surface area contributed by atoms with Gasteiger partial charge in [0.15, 0.2) is 11.5 Å². The fourth-order valence-corrected chi connectivity index (χ4v) is 3.66. The number of nitrogens with zero attached hydrogens (tertiary/aromatic N) is 1. The van der Waals surface area contributed by atoms with Crippen LogP contribution in [0.2, 0.25) is 10.0 Å². The Morgan fingerprint density at radius 3 is 2.39 bits per heavy atom. The number of nitro groups is 1. The summed E-state index contributed by atoms with van der Waals surface area (Å²) in [5.74, 6) is 1.08. The van der Waals surface area contributed by atoms with Crippen LogP contribution in [0.15, 0.2) is 54.6 Å². The first-order valence-electron chi connectivity index (χ1n) is 10.3. The van der Waals surface area contributed by atoms with Gasteiger partial charge >= 0.3 is 0 Å². The van der Waals surface area contributed by atoms with Gasteiger partial charge in [-0.25, -0.2) is 0 Å². The highest BCUT2D eigenvalue weighted by Crippen LogP contribution is 2.37. The summed E-state index contributed by atoms with van der Waals surface area (Å²) in [6.07, 6.45) is 0. The molecular weight excluding hydrogens is 465 g/mol. The van der Waals surface area contributed by atoms with Gasteiger partial charge in [-0.05, 0) is 36.2 Å². The number of nitro benzene ring substituents is 1. The minimum atomic E-state index is -0.477. The Balaban J connectivity index is 1.51. The zero-order valence-electron chi connectivity index (χ0n) is 18.4. The molecule has 3 aromatic carbocycles. The van der Waals surface area contributed by atoms with Crippen molar-refractivity contribution in [1.82, 2.24) is 5.32 Å². The average molecular weight is 490 g/mol. The Bertz CT molecular complexity index is 1110. The Labute approximate surface area is 202 Å². The summed E-state index contributed by atoms with van der Waals surface area (Å²) in [6.45, 7) is 4.23. The standard InChI is InChI=1S/C24H25Cl2N3O4/c1-16-3-5-17(6-4-16)15-33-24-21(26)11-18(12-23(24)32-2)14-27-9-10-28-22-8-7-19(29(30)31)13-20(22)25/h3-8,11-13,27-28H,9-10,14-15H2,1-2H3. The van der Waals surface area contributed by atoms with Gasteiger partial charge in [0.25, 0.3) is 5.69 Å². The Hall–Kier alpha value is -3.00. The van der Waals surface area contributed by atoms with Crippen molar-refractivity contribution in [3.05, 3.63) is 91.4 Å². The minimum absolute atomic E-state index is 0.0409. The molecule has 0 heterocycles. The van der Waals surface area contributed by atoms with Gasteiger partial charge in [-0.15, -0.1) is 0 Å². The van der Waals surface area contributed by atoms with Crippen LogP contribution in [-0.2, 0) is 13.2 Å². The van der Waals surface area contributed by atoms with Crippen LogP contribution in [0, 0.1) is 17.0 Å². The molecule has 2 N–H and O–H groups in total. The van der Waals surface area contributed by atoms with Crippen LogP contribution in [0.1, 0.15) is 16.7 Å². The largest absolute Gasteiger partial charge is 0.493 e. The molecule has 0 fully saturated rings. The number of rotatable bonds is 11. The molecular formula is C24H25Cl2N3O4. The molecule has 3 rings (SSSR count). The number of ether oxygens (including phenoxy) is 2. The molecule has 3 aromatic rings. The molecule has 0 aromatic heterocycles. The summed E-state index contributed by atoms with van der Waals surface area (Å²) in [5.41, 5.74) is 3.79. The maximum Gasteiger partial charge on any atom is 0.271 e. The third-order valence-corrected chi connectivity index (χ3v) is 5.50. The Morgan fingerprint density at radius 2 is 1.73 bits per heavy atom. The topological polar surface area (TPSA) is 85.7 Å². The number of methoxy groups -OCH3 is 1. The number of hydrogen-bond acceptors (Lipinski definition) is 6. The van der Waals surface area contributed by atoms with E-state index in [2.05, 4.69) is 10.6 Å². The van der Waals surface area contributed by atoms with E-state index in [4.69, 9.17) is 32.7 Å². The number of benzene rings is 3. The van der Waals surface area contributed by atoms with Crippen LogP contribution >= 0.6 is 23.2 Å². The van der Waals surface area contributed by atoms with Crippen LogP contribution in [0.3, 0.4) is 0 Å². The molecule has 0 unspecified atom stereocenters. The Kier molecular flexibility index (Phi) is 8.77. The van der Waals surface area contributed by atoms with Crippen LogP contribution in [-0.4, -0.2) is 25.1 Å². The van der Waals surface area contributed by atoms with E-state index >= 15 is 0 Å². The van der Waals surface area contributed by atoms with Crippen molar-refractivity contribution >= 4 is 34.6 Å². The molecule has 0 saturated heterocycles. The molecule has 9 heteroatoms.